The van der Waals surface area contributed by atoms with Gasteiger partial charge in [0, 0.05) is 12.0 Å². The maximum atomic E-state index is 14.2. The molecule has 0 spiro atoms. The van der Waals surface area contributed by atoms with Crippen molar-refractivity contribution in [1.82, 2.24) is 4.90 Å². The molecule has 1 saturated heterocycles. The molecule has 3 aromatic carbocycles. The summed E-state index contributed by atoms with van der Waals surface area (Å²) in [5.74, 6) is -1.32. The van der Waals surface area contributed by atoms with Crippen molar-refractivity contribution >= 4 is 11.7 Å². The third-order valence-corrected chi connectivity index (χ3v) is 7.83. The number of carbonyl (C=O) groups excluding carboxylic acids is 1. The van der Waals surface area contributed by atoms with E-state index in [0.29, 0.717) is 12.0 Å². The number of benzene rings is 3. The van der Waals surface area contributed by atoms with Gasteiger partial charge in [-0.15, -0.1) is 0 Å². The van der Waals surface area contributed by atoms with Crippen molar-refractivity contribution in [2.45, 2.75) is 49.9 Å². The Morgan fingerprint density at radius 3 is 2.24 bits per heavy atom. The van der Waals surface area contributed by atoms with Crippen LogP contribution in [0.5, 0.6) is 0 Å². The van der Waals surface area contributed by atoms with Gasteiger partial charge in [-0.1, -0.05) is 60.7 Å². The molecule has 37 heavy (non-hydrogen) atoms. The van der Waals surface area contributed by atoms with E-state index in [1.165, 1.54) is 6.07 Å². The number of piperidine rings is 1. The zero-order valence-electron chi connectivity index (χ0n) is 20.0. The Labute approximate surface area is 212 Å². The molecule has 0 saturated carbocycles. The van der Waals surface area contributed by atoms with E-state index in [4.69, 9.17) is 4.74 Å². The zero-order valence-corrected chi connectivity index (χ0v) is 20.0. The predicted octanol–water partition coefficient (Wildman–Crippen LogP) is 7.80. The highest BCUT2D eigenvalue weighted by Gasteiger charge is 2.40. The van der Waals surface area contributed by atoms with Crippen LogP contribution in [0.1, 0.15) is 53.9 Å². The highest BCUT2D eigenvalue weighted by molar-refractivity contribution is 5.79. The first kappa shape index (κ1) is 23.8. The quantitative estimate of drug-likeness (QED) is 0.339. The number of rotatable bonds is 3. The number of hydrogen-bond donors (Lipinski definition) is 0. The van der Waals surface area contributed by atoms with Gasteiger partial charge in [0.15, 0.2) is 0 Å². The van der Waals surface area contributed by atoms with E-state index in [2.05, 4.69) is 24.3 Å². The van der Waals surface area contributed by atoms with Gasteiger partial charge in [0.2, 0.25) is 0 Å². The summed E-state index contributed by atoms with van der Waals surface area (Å²) in [4.78, 5) is 15.1. The molecule has 3 aromatic rings. The molecule has 2 bridgehead atoms. The average molecular weight is 508 g/mol. The molecule has 190 valence electrons. The number of amides is 1. The molecule has 1 amide bonds. The van der Waals surface area contributed by atoms with Gasteiger partial charge in [0.25, 0.3) is 0 Å². The van der Waals surface area contributed by atoms with Gasteiger partial charge in [0.05, 0.1) is 11.6 Å². The van der Waals surface area contributed by atoms with Gasteiger partial charge in [-0.05, 0) is 71.2 Å². The van der Waals surface area contributed by atoms with Crippen LogP contribution in [0.25, 0.3) is 16.7 Å². The van der Waals surface area contributed by atoms with Gasteiger partial charge in [0.1, 0.15) is 12.4 Å². The van der Waals surface area contributed by atoms with Crippen molar-refractivity contribution in [3.8, 4) is 11.1 Å². The van der Waals surface area contributed by atoms with Crippen LogP contribution in [0.2, 0.25) is 0 Å². The Morgan fingerprint density at radius 2 is 1.62 bits per heavy atom. The first-order valence-electron chi connectivity index (χ1n) is 12.5. The Morgan fingerprint density at radius 1 is 0.946 bits per heavy atom. The Hall–Kier alpha value is -3.61. The van der Waals surface area contributed by atoms with Gasteiger partial charge in [-0.2, -0.15) is 13.2 Å². The number of carbonyl (C=O) groups is 1. The third-order valence-electron chi connectivity index (χ3n) is 7.83. The van der Waals surface area contributed by atoms with Gasteiger partial charge in [-0.3, -0.25) is 4.90 Å². The molecular weight excluding hydrogens is 482 g/mol. The fraction of sp³-hybridized carbons (Fsp3) is 0.300. The fourth-order valence-corrected chi connectivity index (χ4v) is 6.14. The van der Waals surface area contributed by atoms with Crippen LogP contribution < -0.4 is 0 Å². The minimum atomic E-state index is -4.74. The molecule has 0 radical (unpaired) electrons. The van der Waals surface area contributed by atoms with Crippen molar-refractivity contribution in [3.63, 3.8) is 0 Å². The molecule has 2 unspecified atom stereocenters. The number of ether oxygens (including phenoxy) is 1. The van der Waals surface area contributed by atoms with Crippen molar-refractivity contribution in [3.05, 3.63) is 101 Å². The molecule has 0 N–H and O–H groups in total. The lowest BCUT2D eigenvalue weighted by atomic mass is 9.83. The summed E-state index contributed by atoms with van der Waals surface area (Å²) in [5, 5.41) is 0. The van der Waals surface area contributed by atoms with Crippen LogP contribution >= 0.6 is 0 Å². The monoisotopic (exact) mass is 507 g/mol. The largest absolute Gasteiger partial charge is 0.448 e. The Balaban J connectivity index is 1.21. The number of halogens is 4. The third kappa shape index (κ3) is 4.20. The summed E-state index contributed by atoms with van der Waals surface area (Å²) in [5.41, 5.74) is 4.52. The lowest BCUT2D eigenvalue weighted by molar-refractivity contribution is -0.140. The summed E-state index contributed by atoms with van der Waals surface area (Å²) in [6.07, 6.45) is -0.348. The molecule has 3 nitrogen and oxygen atoms in total. The number of alkyl halides is 3. The highest BCUT2D eigenvalue weighted by Crippen LogP contribution is 2.45. The Bertz CT molecular complexity index is 1350. The lowest BCUT2D eigenvalue weighted by Gasteiger charge is -2.44. The highest BCUT2D eigenvalue weighted by atomic mass is 19.4. The van der Waals surface area contributed by atoms with Crippen molar-refractivity contribution < 1.29 is 27.1 Å². The summed E-state index contributed by atoms with van der Waals surface area (Å²) in [6, 6.07) is 19.0. The normalized spacial score (nSPS) is 20.8. The number of nitrogens with zero attached hydrogens (tertiary/aromatic N) is 1. The molecule has 3 aliphatic rings. The van der Waals surface area contributed by atoms with E-state index in [1.54, 1.807) is 4.90 Å². The summed E-state index contributed by atoms with van der Waals surface area (Å²) >= 11 is 0. The first-order chi connectivity index (χ1) is 17.8. The van der Waals surface area contributed by atoms with Crippen molar-refractivity contribution in [2.75, 3.05) is 6.61 Å². The zero-order chi connectivity index (χ0) is 25.7. The minimum Gasteiger partial charge on any atom is -0.448 e. The number of hydrogen-bond acceptors (Lipinski definition) is 2. The molecule has 2 atom stereocenters. The SMILES string of the molecule is O=C(OCC1c2ccccc2-c2ccccc21)N1C2C=C(c3ccc(C(F)(F)F)c(F)c3)CC1CCC2. The fourth-order valence-electron chi connectivity index (χ4n) is 6.14. The Kier molecular flexibility index (Phi) is 5.81. The lowest BCUT2D eigenvalue weighted by Crippen LogP contribution is -2.51. The van der Waals surface area contributed by atoms with Crippen LogP contribution in [0.4, 0.5) is 22.4 Å². The van der Waals surface area contributed by atoms with Crippen molar-refractivity contribution in [2.24, 2.45) is 0 Å². The van der Waals surface area contributed by atoms with E-state index in [9.17, 15) is 22.4 Å². The van der Waals surface area contributed by atoms with E-state index < -0.39 is 17.6 Å². The smallest absolute Gasteiger partial charge is 0.419 e. The van der Waals surface area contributed by atoms with E-state index >= 15 is 0 Å². The second-order valence-corrected chi connectivity index (χ2v) is 9.95. The van der Waals surface area contributed by atoms with Gasteiger partial charge in [-0.25, -0.2) is 9.18 Å². The number of fused-ring (bicyclic) bond motifs is 5. The van der Waals surface area contributed by atoms with E-state index in [0.717, 1.165) is 59.2 Å². The first-order valence-corrected chi connectivity index (χ1v) is 12.5. The van der Waals surface area contributed by atoms with Gasteiger partial charge >= 0.3 is 12.3 Å². The standard InChI is InChI=1S/C30H25F4NO2/c31-28-16-18(12-13-27(28)30(32,33)34)19-14-20-6-5-7-21(15-19)35(20)29(36)37-17-26-24-10-3-1-8-22(24)23-9-2-4-11-25(23)26/h1-4,8-14,16,20-21,26H,5-7,15,17H2. The molecule has 7 heteroatoms. The van der Waals surface area contributed by atoms with Crippen LogP contribution in [0.3, 0.4) is 0 Å². The predicted molar refractivity (Wildman–Crippen MR) is 132 cm³/mol. The second kappa shape index (κ2) is 9.05. The van der Waals surface area contributed by atoms with Crippen LogP contribution in [0, 0.1) is 5.82 Å². The molecule has 6 rings (SSSR count). The van der Waals surface area contributed by atoms with E-state index in [1.807, 2.05) is 30.3 Å². The van der Waals surface area contributed by atoms with Crippen molar-refractivity contribution in [1.29, 1.82) is 0 Å². The topological polar surface area (TPSA) is 29.5 Å². The van der Waals surface area contributed by atoms with E-state index in [-0.39, 0.29) is 30.7 Å². The summed E-state index contributed by atoms with van der Waals surface area (Å²) in [7, 11) is 0. The second-order valence-electron chi connectivity index (χ2n) is 9.95. The molecule has 1 aliphatic carbocycles. The van der Waals surface area contributed by atoms with Crippen LogP contribution in [-0.2, 0) is 10.9 Å². The maximum Gasteiger partial charge on any atom is 0.419 e. The molecule has 0 aromatic heterocycles. The van der Waals surface area contributed by atoms with Crippen LogP contribution in [-0.4, -0.2) is 29.7 Å². The summed E-state index contributed by atoms with van der Waals surface area (Å²) < 4.78 is 59.1. The molecule has 2 heterocycles. The maximum absolute atomic E-state index is 14.2. The van der Waals surface area contributed by atoms with Crippen LogP contribution in [0.15, 0.2) is 72.8 Å². The van der Waals surface area contributed by atoms with Gasteiger partial charge < -0.3 is 4.74 Å². The minimum absolute atomic E-state index is 0.0396. The average Bonchev–Trinajstić information content (AvgIpc) is 3.19. The molecular formula is C30H25F4NO2. The molecule has 2 aliphatic heterocycles. The molecule has 1 fully saturated rings. The summed E-state index contributed by atoms with van der Waals surface area (Å²) in [6.45, 7) is 0.226.